The van der Waals surface area contributed by atoms with Crippen molar-refractivity contribution in [3.8, 4) is 11.8 Å². The SMILES string of the molecule is CCCCCCOc1ccc(N(C)c2nc(OCC)ncc2C(F)(F)F)cc1. The zero-order valence-electron chi connectivity index (χ0n) is 16.4. The van der Waals surface area contributed by atoms with Crippen LogP contribution in [0.3, 0.4) is 0 Å². The number of benzene rings is 1. The summed E-state index contributed by atoms with van der Waals surface area (Å²) in [6.45, 7) is 4.75. The molecule has 0 amide bonds. The number of anilines is 2. The average Bonchev–Trinajstić information content (AvgIpc) is 2.67. The molecule has 1 heterocycles. The second kappa shape index (κ2) is 10.1. The standard InChI is InChI=1S/C20H26F3N3O2/c1-4-6-7-8-13-28-16-11-9-15(10-12-16)26(3)18-17(20(21,22)23)14-24-19(25-18)27-5-2/h9-12,14H,4-8,13H2,1-3H3. The number of halogens is 3. The summed E-state index contributed by atoms with van der Waals surface area (Å²) >= 11 is 0. The normalized spacial score (nSPS) is 11.4. The average molecular weight is 397 g/mol. The summed E-state index contributed by atoms with van der Waals surface area (Å²) in [5.41, 5.74) is -0.375. The first-order chi connectivity index (χ1) is 13.4. The molecule has 0 saturated heterocycles. The summed E-state index contributed by atoms with van der Waals surface area (Å²) in [5.74, 6) is 0.418. The molecule has 5 nitrogen and oxygen atoms in total. The Balaban J connectivity index is 2.16. The maximum absolute atomic E-state index is 13.4. The first kappa shape index (κ1) is 21.8. The minimum atomic E-state index is -4.57. The Morgan fingerprint density at radius 2 is 1.71 bits per heavy atom. The molecule has 8 heteroatoms. The Kier molecular flexibility index (Phi) is 7.90. The minimum Gasteiger partial charge on any atom is -0.494 e. The van der Waals surface area contributed by atoms with Crippen molar-refractivity contribution in [3.63, 3.8) is 0 Å². The van der Waals surface area contributed by atoms with Crippen LogP contribution < -0.4 is 14.4 Å². The van der Waals surface area contributed by atoms with Gasteiger partial charge in [0, 0.05) is 18.9 Å². The van der Waals surface area contributed by atoms with Crippen LogP contribution in [0.1, 0.15) is 45.1 Å². The molecule has 0 aliphatic heterocycles. The van der Waals surface area contributed by atoms with Gasteiger partial charge in [-0.05, 0) is 37.6 Å². The molecule has 2 rings (SSSR count). The second-order valence-corrected chi connectivity index (χ2v) is 6.28. The molecule has 154 valence electrons. The van der Waals surface area contributed by atoms with E-state index in [4.69, 9.17) is 9.47 Å². The van der Waals surface area contributed by atoms with Crippen molar-refractivity contribution in [1.29, 1.82) is 0 Å². The summed E-state index contributed by atoms with van der Waals surface area (Å²) in [7, 11) is 1.52. The minimum absolute atomic E-state index is 0.0932. The van der Waals surface area contributed by atoms with Crippen LogP contribution in [-0.2, 0) is 6.18 Å². The van der Waals surface area contributed by atoms with Gasteiger partial charge in [-0.2, -0.15) is 18.2 Å². The molecule has 28 heavy (non-hydrogen) atoms. The van der Waals surface area contributed by atoms with E-state index in [9.17, 15) is 13.2 Å². The molecule has 1 aromatic heterocycles. The van der Waals surface area contributed by atoms with Gasteiger partial charge in [-0.25, -0.2) is 4.98 Å². The van der Waals surface area contributed by atoms with E-state index in [0.717, 1.165) is 25.5 Å². The van der Waals surface area contributed by atoms with Crippen molar-refractivity contribution in [3.05, 3.63) is 36.0 Å². The van der Waals surface area contributed by atoms with Crippen molar-refractivity contribution >= 4 is 11.5 Å². The number of rotatable bonds is 10. The lowest BCUT2D eigenvalue weighted by Gasteiger charge is -2.22. The maximum Gasteiger partial charge on any atom is 0.421 e. The number of alkyl halides is 3. The van der Waals surface area contributed by atoms with E-state index >= 15 is 0 Å². The Morgan fingerprint density at radius 3 is 2.32 bits per heavy atom. The van der Waals surface area contributed by atoms with Crippen LogP contribution in [0.4, 0.5) is 24.7 Å². The highest BCUT2D eigenvalue weighted by Crippen LogP contribution is 2.37. The van der Waals surface area contributed by atoms with Gasteiger partial charge < -0.3 is 14.4 Å². The third-order valence-corrected chi connectivity index (χ3v) is 4.13. The molecule has 0 spiro atoms. The molecule has 0 radical (unpaired) electrons. The first-order valence-electron chi connectivity index (χ1n) is 9.40. The highest BCUT2D eigenvalue weighted by Gasteiger charge is 2.36. The van der Waals surface area contributed by atoms with Crippen LogP contribution in [-0.4, -0.2) is 30.2 Å². The third kappa shape index (κ3) is 6.00. The van der Waals surface area contributed by atoms with Crippen molar-refractivity contribution in [2.24, 2.45) is 0 Å². The maximum atomic E-state index is 13.4. The molecule has 0 fully saturated rings. The molecule has 0 aliphatic rings. The van der Waals surface area contributed by atoms with E-state index in [1.165, 1.54) is 18.4 Å². The van der Waals surface area contributed by atoms with E-state index in [1.54, 1.807) is 31.2 Å². The number of ether oxygens (including phenoxy) is 2. The van der Waals surface area contributed by atoms with Gasteiger partial charge in [0.05, 0.1) is 13.2 Å². The van der Waals surface area contributed by atoms with Crippen molar-refractivity contribution < 1.29 is 22.6 Å². The summed E-state index contributed by atoms with van der Waals surface area (Å²) in [6.07, 6.45) is 0.610. The number of unbranched alkanes of at least 4 members (excludes halogenated alkanes) is 3. The van der Waals surface area contributed by atoms with Gasteiger partial charge in [-0.1, -0.05) is 26.2 Å². The fraction of sp³-hybridized carbons (Fsp3) is 0.500. The summed E-state index contributed by atoms with van der Waals surface area (Å²) in [4.78, 5) is 8.95. The number of nitrogens with zero attached hydrogens (tertiary/aromatic N) is 3. The molecule has 0 N–H and O–H groups in total. The molecule has 0 saturated carbocycles. The lowest BCUT2D eigenvalue weighted by molar-refractivity contribution is -0.137. The second-order valence-electron chi connectivity index (χ2n) is 6.28. The first-order valence-corrected chi connectivity index (χ1v) is 9.40. The molecule has 1 aromatic carbocycles. The third-order valence-electron chi connectivity index (χ3n) is 4.13. The molecule has 0 atom stereocenters. The van der Waals surface area contributed by atoms with Crippen LogP contribution in [0.25, 0.3) is 0 Å². The van der Waals surface area contributed by atoms with Gasteiger partial charge in [0.25, 0.3) is 0 Å². The topological polar surface area (TPSA) is 47.5 Å². The number of aromatic nitrogens is 2. The van der Waals surface area contributed by atoms with E-state index in [0.29, 0.717) is 18.0 Å². The smallest absolute Gasteiger partial charge is 0.421 e. The van der Waals surface area contributed by atoms with Crippen LogP contribution in [0.2, 0.25) is 0 Å². The van der Waals surface area contributed by atoms with Crippen LogP contribution >= 0.6 is 0 Å². The zero-order chi connectivity index (χ0) is 20.6. The number of hydrogen-bond donors (Lipinski definition) is 0. The lowest BCUT2D eigenvalue weighted by Crippen LogP contribution is -2.19. The van der Waals surface area contributed by atoms with E-state index in [-0.39, 0.29) is 18.4 Å². The molecule has 0 aliphatic carbocycles. The van der Waals surface area contributed by atoms with E-state index in [2.05, 4.69) is 16.9 Å². The van der Waals surface area contributed by atoms with Crippen molar-refractivity contribution in [2.45, 2.75) is 45.7 Å². The Bertz CT molecular complexity index is 736. The molecular weight excluding hydrogens is 371 g/mol. The van der Waals surface area contributed by atoms with Gasteiger partial charge in [0.1, 0.15) is 11.3 Å². The van der Waals surface area contributed by atoms with Crippen LogP contribution in [0.15, 0.2) is 30.5 Å². The summed E-state index contributed by atoms with van der Waals surface area (Å²) in [5, 5.41) is 0. The largest absolute Gasteiger partial charge is 0.494 e. The lowest BCUT2D eigenvalue weighted by atomic mass is 10.2. The molecular formula is C20H26F3N3O2. The predicted octanol–water partition coefficient (Wildman–Crippen LogP) is 5.62. The Morgan fingerprint density at radius 1 is 1.00 bits per heavy atom. The van der Waals surface area contributed by atoms with Gasteiger partial charge in [-0.15, -0.1) is 0 Å². The van der Waals surface area contributed by atoms with Gasteiger partial charge in [-0.3, -0.25) is 0 Å². The number of hydrogen-bond acceptors (Lipinski definition) is 5. The summed E-state index contributed by atoms with van der Waals surface area (Å²) < 4.78 is 50.9. The highest BCUT2D eigenvalue weighted by molar-refractivity contribution is 5.63. The monoisotopic (exact) mass is 397 g/mol. The highest BCUT2D eigenvalue weighted by atomic mass is 19.4. The van der Waals surface area contributed by atoms with Crippen LogP contribution in [0, 0.1) is 0 Å². The zero-order valence-corrected chi connectivity index (χ0v) is 16.4. The molecule has 2 aromatic rings. The van der Waals surface area contributed by atoms with E-state index in [1.807, 2.05) is 0 Å². The Hall–Kier alpha value is -2.51. The fourth-order valence-corrected chi connectivity index (χ4v) is 2.62. The quantitative estimate of drug-likeness (QED) is 0.487. The van der Waals surface area contributed by atoms with Gasteiger partial charge in [0.15, 0.2) is 5.82 Å². The van der Waals surface area contributed by atoms with Gasteiger partial charge in [0.2, 0.25) is 0 Å². The van der Waals surface area contributed by atoms with E-state index < -0.39 is 11.7 Å². The van der Waals surface area contributed by atoms with Crippen molar-refractivity contribution in [1.82, 2.24) is 9.97 Å². The molecule has 0 bridgehead atoms. The van der Waals surface area contributed by atoms with Gasteiger partial charge >= 0.3 is 12.2 Å². The Labute approximate surface area is 163 Å². The fourth-order valence-electron chi connectivity index (χ4n) is 2.62. The summed E-state index contributed by atoms with van der Waals surface area (Å²) in [6, 6.07) is 6.78. The van der Waals surface area contributed by atoms with Crippen molar-refractivity contribution in [2.75, 3.05) is 25.2 Å². The van der Waals surface area contributed by atoms with Crippen LogP contribution in [0.5, 0.6) is 11.8 Å². The predicted molar refractivity (Wildman–Crippen MR) is 102 cm³/mol. The molecule has 0 unspecified atom stereocenters.